The minimum absolute atomic E-state index is 0.195. The molecule has 0 aromatic heterocycles. The van der Waals surface area contributed by atoms with E-state index in [1.807, 2.05) is 18.2 Å². The molecule has 3 N–H and O–H groups in total. The number of carbonyl (C=O) groups excluding carboxylic acids is 1. The molecule has 0 unspecified atom stereocenters. The maximum Gasteiger partial charge on any atom is 0.293 e. The number of hydrogen-bond donors (Lipinski definition) is 2. The molecule has 1 amide bonds. The SMILES string of the molecule is NC(=O)C#Cc1ccc(O)c2ccccc12. The Balaban J connectivity index is 2.69. The van der Waals surface area contributed by atoms with Gasteiger partial charge in [-0.15, -0.1) is 0 Å². The summed E-state index contributed by atoms with van der Waals surface area (Å²) in [7, 11) is 0. The number of amides is 1. The molecule has 0 heterocycles. The number of phenolic OH excluding ortho intramolecular Hbond substituents is 1. The highest BCUT2D eigenvalue weighted by Crippen LogP contribution is 2.26. The second-order valence-corrected chi connectivity index (χ2v) is 3.29. The fraction of sp³-hybridized carbons (Fsp3) is 0. The number of phenols is 1. The largest absolute Gasteiger partial charge is 0.507 e. The lowest BCUT2D eigenvalue weighted by atomic mass is 10.0. The van der Waals surface area contributed by atoms with Crippen LogP contribution in [0.1, 0.15) is 5.56 Å². The Hall–Kier alpha value is -2.47. The molecule has 0 aliphatic carbocycles. The second kappa shape index (κ2) is 3.95. The quantitative estimate of drug-likeness (QED) is 0.646. The van der Waals surface area contributed by atoms with E-state index in [-0.39, 0.29) is 5.75 Å². The van der Waals surface area contributed by atoms with Gasteiger partial charge in [-0.25, -0.2) is 0 Å². The summed E-state index contributed by atoms with van der Waals surface area (Å²) in [6.07, 6.45) is 0. The zero-order valence-corrected chi connectivity index (χ0v) is 8.40. The van der Waals surface area contributed by atoms with Crippen LogP contribution in [0.5, 0.6) is 5.75 Å². The highest BCUT2D eigenvalue weighted by molar-refractivity contribution is 5.96. The van der Waals surface area contributed by atoms with Crippen LogP contribution >= 0.6 is 0 Å². The lowest BCUT2D eigenvalue weighted by molar-refractivity contribution is -0.112. The van der Waals surface area contributed by atoms with Crippen LogP contribution in [0.3, 0.4) is 0 Å². The van der Waals surface area contributed by atoms with Crippen LogP contribution in [0.15, 0.2) is 36.4 Å². The van der Waals surface area contributed by atoms with E-state index in [4.69, 9.17) is 5.73 Å². The van der Waals surface area contributed by atoms with Crippen molar-refractivity contribution in [3.05, 3.63) is 42.0 Å². The van der Waals surface area contributed by atoms with Crippen LogP contribution in [0.4, 0.5) is 0 Å². The number of aromatic hydroxyl groups is 1. The van der Waals surface area contributed by atoms with Gasteiger partial charge in [-0.3, -0.25) is 4.79 Å². The zero-order chi connectivity index (χ0) is 11.5. The third-order valence-electron chi connectivity index (χ3n) is 2.22. The topological polar surface area (TPSA) is 63.3 Å². The Morgan fingerprint density at radius 2 is 1.81 bits per heavy atom. The Morgan fingerprint density at radius 3 is 2.50 bits per heavy atom. The van der Waals surface area contributed by atoms with Gasteiger partial charge in [0.25, 0.3) is 5.91 Å². The molecule has 0 saturated heterocycles. The van der Waals surface area contributed by atoms with Crippen LogP contribution in [-0.2, 0) is 4.79 Å². The molecule has 0 atom stereocenters. The molecule has 3 nitrogen and oxygen atoms in total. The van der Waals surface area contributed by atoms with Crippen molar-refractivity contribution in [2.24, 2.45) is 5.73 Å². The normalized spacial score (nSPS) is 9.50. The Bertz CT molecular complexity index is 621. The minimum atomic E-state index is -0.669. The first kappa shape index (κ1) is 10.1. The summed E-state index contributed by atoms with van der Waals surface area (Å²) in [5.74, 6) is 4.48. The van der Waals surface area contributed by atoms with Crippen molar-refractivity contribution in [2.45, 2.75) is 0 Å². The molecule has 0 fully saturated rings. The number of carbonyl (C=O) groups is 1. The first-order chi connectivity index (χ1) is 7.68. The predicted molar refractivity (Wildman–Crippen MR) is 61.7 cm³/mol. The molecule has 0 spiro atoms. The Kier molecular flexibility index (Phi) is 2.49. The van der Waals surface area contributed by atoms with Crippen molar-refractivity contribution in [1.82, 2.24) is 0 Å². The fourth-order valence-corrected chi connectivity index (χ4v) is 1.52. The Labute approximate surface area is 92.5 Å². The van der Waals surface area contributed by atoms with Crippen LogP contribution in [0.2, 0.25) is 0 Å². The van der Waals surface area contributed by atoms with Gasteiger partial charge in [0.1, 0.15) is 5.75 Å². The number of fused-ring (bicyclic) bond motifs is 1. The van der Waals surface area contributed by atoms with Crippen molar-refractivity contribution < 1.29 is 9.90 Å². The Morgan fingerprint density at radius 1 is 1.12 bits per heavy atom. The molecule has 2 aromatic rings. The molecule has 0 aliphatic rings. The monoisotopic (exact) mass is 211 g/mol. The standard InChI is InChI=1S/C13H9NO2/c14-13(16)8-6-9-5-7-12(15)11-4-2-1-3-10(9)11/h1-5,7,15H,(H2,14,16). The first-order valence-electron chi connectivity index (χ1n) is 4.70. The van der Waals surface area contributed by atoms with E-state index in [9.17, 15) is 9.90 Å². The second-order valence-electron chi connectivity index (χ2n) is 3.29. The molecule has 2 aromatic carbocycles. The molecule has 0 saturated carbocycles. The number of benzene rings is 2. The number of rotatable bonds is 0. The highest BCUT2D eigenvalue weighted by atomic mass is 16.3. The lowest BCUT2D eigenvalue weighted by Gasteiger charge is -2.02. The summed E-state index contributed by atoms with van der Waals surface area (Å²) in [5, 5.41) is 11.1. The van der Waals surface area contributed by atoms with E-state index >= 15 is 0 Å². The molecule has 78 valence electrons. The fourth-order valence-electron chi connectivity index (χ4n) is 1.52. The third kappa shape index (κ3) is 1.82. The smallest absolute Gasteiger partial charge is 0.293 e. The van der Waals surface area contributed by atoms with Gasteiger partial charge in [-0.05, 0) is 12.1 Å². The van der Waals surface area contributed by atoms with Crippen molar-refractivity contribution in [1.29, 1.82) is 0 Å². The van der Waals surface area contributed by atoms with Gasteiger partial charge in [0.15, 0.2) is 0 Å². The summed E-state index contributed by atoms with van der Waals surface area (Å²) in [5.41, 5.74) is 5.63. The van der Waals surface area contributed by atoms with Gasteiger partial charge in [0.2, 0.25) is 0 Å². The van der Waals surface area contributed by atoms with Crippen LogP contribution in [0.25, 0.3) is 10.8 Å². The van der Waals surface area contributed by atoms with Crippen molar-refractivity contribution in [3.63, 3.8) is 0 Å². The summed E-state index contributed by atoms with van der Waals surface area (Å²) < 4.78 is 0. The van der Waals surface area contributed by atoms with Crippen LogP contribution in [-0.4, -0.2) is 11.0 Å². The summed E-state index contributed by atoms with van der Waals surface area (Å²) in [4.78, 5) is 10.6. The van der Waals surface area contributed by atoms with Crippen molar-refractivity contribution in [3.8, 4) is 17.6 Å². The van der Waals surface area contributed by atoms with E-state index in [1.165, 1.54) is 0 Å². The van der Waals surface area contributed by atoms with Gasteiger partial charge in [0.05, 0.1) is 0 Å². The van der Waals surface area contributed by atoms with E-state index < -0.39 is 5.91 Å². The molecule has 3 heteroatoms. The average Bonchev–Trinajstić information content (AvgIpc) is 2.28. The van der Waals surface area contributed by atoms with E-state index in [1.54, 1.807) is 18.2 Å². The maximum absolute atomic E-state index is 10.6. The van der Waals surface area contributed by atoms with E-state index in [2.05, 4.69) is 11.8 Å². The van der Waals surface area contributed by atoms with Gasteiger partial charge in [-0.2, -0.15) is 0 Å². The molecular formula is C13H9NO2. The third-order valence-corrected chi connectivity index (χ3v) is 2.22. The first-order valence-corrected chi connectivity index (χ1v) is 4.70. The molecule has 0 radical (unpaired) electrons. The highest BCUT2D eigenvalue weighted by Gasteiger charge is 2.02. The lowest BCUT2D eigenvalue weighted by Crippen LogP contribution is -2.06. The van der Waals surface area contributed by atoms with E-state index in [0.29, 0.717) is 10.9 Å². The molecule has 2 rings (SSSR count). The van der Waals surface area contributed by atoms with Gasteiger partial charge in [0, 0.05) is 22.3 Å². The van der Waals surface area contributed by atoms with Gasteiger partial charge in [-0.1, -0.05) is 30.2 Å². The summed E-state index contributed by atoms with van der Waals surface area (Å²) in [6, 6.07) is 10.5. The minimum Gasteiger partial charge on any atom is -0.507 e. The van der Waals surface area contributed by atoms with Gasteiger partial charge < -0.3 is 10.8 Å². The van der Waals surface area contributed by atoms with E-state index in [0.717, 1.165) is 5.39 Å². The predicted octanol–water partition coefficient (Wildman–Crippen LogP) is 1.38. The number of nitrogens with two attached hydrogens (primary N) is 1. The van der Waals surface area contributed by atoms with Gasteiger partial charge >= 0.3 is 0 Å². The molecule has 0 aliphatic heterocycles. The van der Waals surface area contributed by atoms with Crippen molar-refractivity contribution in [2.75, 3.05) is 0 Å². The molecular weight excluding hydrogens is 202 g/mol. The number of hydrogen-bond acceptors (Lipinski definition) is 2. The molecule has 0 bridgehead atoms. The maximum atomic E-state index is 10.6. The molecule has 16 heavy (non-hydrogen) atoms. The van der Waals surface area contributed by atoms with Crippen LogP contribution < -0.4 is 5.73 Å². The summed E-state index contributed by atoms with van der Waals surface area (Å²) in [6.45, 7) is 0. The zero-order valence-electron chi connectivity index (χ0n) is 8.40. The van der Waals surface area contributed by atoms with Crippen LogP contribution in [0, 0.1) is 11.8 Å². The average molecular weight is 211 g/mol. The summed E-state index contributed by atoms with van der Waals surface area (Å²) >= 11 is 0. The number of primary amides is 1. The van der Waals surface area contributed by atoms with Crippen molar-refractivity contribution >= 4 is 16.7 Å².